The summed E-state index contributed by atoms with van der Waals surface area (Å²) in [5.74, 6) is 1.73. The van der Waals surface area contributed by atoms with Gasteiger partial charge in [-0.25, -0.2) is 0 Å². The number of benzene rings is 1. The second-order valence-corrected chi connectivity index (χ2v) is 4.53. The highest BCUT2D eigenvalue weighted by Crippen LogP contribution is 2.35. The third-order valence-corrected chi connectivity index (χ3v) is 3.30. The summed E-state index contributed by atoms with van der Waals surface area (Å²) in [4.78, 5) is 0. The van der Waals surface area contributed by atoms with E-state index in [-0.39, 0.29) is 0 Å². The van der Waals surface area contributed by atoms with Crippen molar-refractivity contribution in [2.75, 3.05) is 6.61 Å². The summed E-state index contributed by atoms with van der Waals surface area (Å²) in [5.41, 5.74) is 1.24. The third kappa shape index (κ3) is 2.69. The Balaban J connectivity index is 2.18. The Kier molecular flexibility index (Phi) is 3.70. The van der Waals surface area contributed by atoms with Crippen molar-refractivity contribution in [3.63, 3.8) is 0 Å². The van der Waals surface area contributed by atoms with Crippen LogP contribution in [0.3, 0.4) is 0 Å². The third-order valence-electron chi connectivity index (χ3n) is 3.30. The second-order valence-electron chi connectivity index (χ2n) is 4.53. The standard InChI is InChI=1S/C14H20O2/c1-2-16-14-9-12(8-13(15)10-14)11-6-4-3-5-7-11/h8-11,15H,2-7H2,1H3. The van der Waals surface area contributed by atoms with Gasteiger partial charge in [-0.15, -0.1) is 0 Å². The van der Waals surface area contributed by atoms with Gasteiger partial charge in [0.15, 0.2) is 0 Å². The molecular weight excluding hydrogens is 200 g/mol. The lowest BCUT2D eigenvalue weighted by Crippen LogP contribution is -2.04. The smallest absolute Gasteiger partial charge is 0.123 e. The van der Waals surface area contributed by atoms with Gasteiger partial charge in [0.1, 0.15) is 11.5 Å². The predicted octanol–water partition coefficient (Wildman–Crippen LogP) is 3.84. The number of rotatable bonds is 3. The minimum absolute atomic E-state index is 0.325. The zero-order chi connectivity index (χ0) is 11.4. The number of aromatic hydroxyl groups is 1. The van der Waals surface area contributed by atoms with Crippen molar-refractivity contribution in [1.29, 1.82) is 0 Å². The Bertz CT molecular complexity index is 341. The molecule has 16 heavy (non-hydrogen) atoms. The fourth-order valence-electron chi connectivity index (χ4n) is 2.53. The monoisotopic (exact) mass is 220 g/mol. The topological polar surface area (TPSA) is 29.5 Å². The summed E-state index contributed by atoms with van der Waals surface area (Å²) < 4.78 is 5.46. The fourth-order valence-corrected chi connectivity index (χ4v) is 2.53. The van der Waals surface area contributed by atoms with Crippen LogP contribution in [0.5, 0.6) is 11.5 Å². The first-order valence-electron chi connectivity index (χ1n) is 6.26. The van der Waals surface area contributed by atoms with Gasteiger partial charge in [0.25, 0.3) is 0 Å². The largest absolute Gasteiger partial charge is 0.508 e. The molecule has 1 N–H and O–H groups in total. The van der Waals surface area contributed by atoms with Crippen molar-refractivity contribution < 1.29 is 9.84 Å². The zero-order valence-electron chi connectivity index (χ0n) is 9.91. The van der Waals surface area contributed by atoms with E-state index >= 15 is 0 Å². The van der Waals surface area contributed by atoms with Crippen molar-refractivity contribution in [2.45, 2.75) is 44.9 Å². The lowest BCUT2D eigenvalue weighted by atomic mass is 9.84. The van der Waals surface area contributed by atoms with E-state index in [1.807, 2.05) is 13.0 Å². The van der Waals surface area contributed by atoms with Crippen LogP contribution in [0.15, 0.2) is 18.2 Å². The summed E-state index contributed by atoms with van der Waals surface area (Å²) in [7, 11) is 0. The molecule has 1 aliphatic carbocycles. The first-order valence-corrected chi connectivity index (χ1v) is 6.26. The number of ether oxygens (including phenoxy) is 1. The lowest BCUT2D eigenvalue weighted by Gasteiger charge is -2.22. The molecule has 2 heteroatoms. The van der Waals surface area contributed by atoms with E-state index in [1.165, 1.54) is 37.7 Å². The molecule has 0 spiro atoms. The predicted molar refractivity (Wildman–Crippen MR) is 65.1 cm³/mol. The lowest BCUT2D eigenvalue weighted by molar-refractivity contribution is 0.336. The first kappa shape index (κ1) is 11.3. The molecule has 2 nitrogen and oxygen atoms in total. The maximum Gasteiger partial charge on any atom is 0.123 e. The molecule has 0 radical (unpaired) electrons. The molecule has 0 bridgehead atoms. The maximum atomic E-state index is 9.67. The molecule has 0 heterocycles. The van der Waals surface area contributed by atoms with Crippen LogP contribution in [0.4, 0.5) is 0 Å². The maximum absolute atomic E-state index is 9.67. The normalized spacial score (nSPS) is 17.3. The van der Waals surface area contributed by atoms with Crippen molar-refractivity contribution in [2.24, 2.45) is 0 Å². The minimum atomic E-state index is 0.325. The van der Waals surface area contributed by atoms with E-state index in [0.29, 0.717) is 18.3 Å². The van der Waals surface area contributed by atoms with Crippen LogP contribution in [-0.4, -0.2) is 11.7 Å². The molecule has 0 aliphatic heterocycles. The average molecular weight is 220 g/mol. The van der Waals surface area contributed by atoms with Gasteiger partial charge >= 0.3 is 0 Å². The zero-order valence-corrected chi connectivity index (χ0v) is 9.91. The van der Waals surface area contributed by atoms with Crippen molar-refractivity contribution >= 4 is 0 Å². The molecule has 0 saturated heterocycles. The van der Waals surface area contributed by atoms with Crippen molar-refractivity contribution in [1.82, 2.24) is 0 Å². The van der Waals surface area contributed by atoms with Crippen LogP contribution in [-0.2, 0) is 0 Å². The van der Waals surface area contributed by atoms with Crippen molar-refractivity contribution in [3.8, 4) is 11.5 Å². The molecule has 2 rings (SSSR count). The van der Waals surface area contributed by atoms with Crippen LogP contribution >= 0.6 is 0 Å². The van der Waals surface area contributed by atoms with Crippen LogP contribution in [0.1, 0.15) is 50.5 Å². The highest BCUT2D eigenvalue weighted by Gasteiger charge is 2.16. The fraction of sp³-hybridized carbons (Fsp3) is 0.571. The van der Waals surface area contributed by atoms with E-state index in [1.54, 1.807) is 6.07 Å². The van der Waals surface area contributed by atoms with Gasteiger partial charge in [0.05, 0.1) is 6.61 Å². The minimum Gasteiger partial charge on any atom is -0.508 e. The number of hydrogen-bond donors (Lipinski definition) is 1. The molecular formula is C14H20O2. The van der Waals surface area contributed by atoms with Gasteiger partial charge in [-0.2, -0.15) is 0 Å². The molecule has 0 unspecified atom stereocenters. The molecule has 0 aromatic heterocycles. The van der Waals surface area contributed by atoms with Gasteiger partial charge in [-0.3, -0.25) is 0 Å². The molecule has 0 atom stereocenters. The van der Waals surface area contributed by atoms with Crippen LogP contribution in [0, 0.1) is 0 Å². The Hall–Kier alpha value is -1.18. The molecule has 88 valence electrons. The molecule has 1 aliphatic rings. The van der Waals surface area contributed by atoms with Crippen LogP contribution in [0.2, 0.25) is 0 Å². The SMILES string of the molecule is CCOc1cc(O)cc(C2CCCCC2)c1. The Labute approximate surface area is 97.3 Å². The molecule has 1 aromatic carbocycles. The van der Waals surface area contributed by atoms with Crippen molar-refractivity contribution in [3.05, 3.63) is 23.8 Å². The van der Waals surface area contributed by atoms with Gasteiger partial charge in [0, 0.05) is 6.07 Å². The molecule has 0 amide bonds. The van der Waals surface area contributed by atoms with Crippen LogP contribution in [0.25, 0.3) is 0 Å². The Morgan fingerprint density at radius 1 is 1.19 bits per heavy atom. The summed E-state index contributed by atoms with van der Waals surface area (Å²) >= 11 is 0. The van der Waals surface area contributed by atoms with E-state index < -0.39 is 0 Å². The van der Waals surface area contributed by atoms with Gasteiger partial charge < -0.3 is 9.84 Å². The van der Waals surface area contributed by atoms with Gasteiger partial charge in [-0.05, 0) is 43.4 Å². The summed E-state index contributed by atoms with van der Waals surface area (Å²) in [6, 6.07) is 5.66. The Morgan fingerprint density at radius 3 is 2.62 bits per heavy atom. The van der Waals surface area contributed by atoms with Crippen LogP contribution < -0.4 is 4.74 Å². The highest BCUT2D eigenvalue weighted by atomic mass is 16.5. The molecule has 1 aromatic rings. The molecule has 1 fully saturated rings. The number of phenolic OH excluding ortho intramolecular Hbond substituents is 1. The van der Waals surface area contributed by atoms with Gasteiger partial charge in [-0.1, -0.05) is 19.3 Å². The number of hydrogen-bond acceptors (Lipinski definition) is 2. The van der Waals surface area contributed by atoms with E-state index in [9.17, 15) is 5.11 Å². The van der Waals surface area contributed by atoms with Gasteiger partial charge in [0.2, 0.25) is 0 Å². The summed E-state index contributed by atoms with van der Waals surface area (Å²) in [6.07, 6.45) is 6.46. The van der Waals surface area contributed by atoms with E-state index in [4.69, 9.17) is 4.74 Å². The van der Waals surface area contributed by atoms with E-state index in [2.05, 4.69) is 6.07 Å². The van der Waals surface area contributed by atoms with E-state index in [0.717, 1.165) is 5.75 Å². The summed E-state index contributed by atoms with van der Waals surface area (Å²) in [6.45, 7) is 2.61. The highest BCUT2D eigenvalue weighted by molar-refractivity contribution is 5.39. The quantitative estimate of drug-likeness (QED) is 0.838. The second kappa shape index (κ2) is 5.24. The summed E-state index contributed by atoms with van der Waals surface area (Å²) in [5, 5.41) is 9.67. The number of phenols is 1. The first-order chi connectivity index (χ1) is 7.79. The molecule has 1 saturated carbocycles. The average Bonchev–Trinajstić information content (AvgIpc) is 2.30. The Morgan fingerprint density at radius 2 is 1.94 bits per heavy atom.